The second-order valence-electron chi connectivity index (χ2n) is 5.38. The molecular weight excluding hydrogens is 230 g/mol. The van der Waals surface area contributed by atoms with Crippen LogP contribution in [0.3, 0.4) is 0 Å². The first kappa shape index (κ1) is 13.8. The van der Waals surface area contributed by atoms with Crippen molar-refractivity contribution in [3.05, 3.63) is 0 Å². The minimum Gasteiger partial charge on any atom is -0.379 e. The predicted molar refractivity (Wildman–Crippen MR) is 70.4 cm³/mol. The molecule has 1 saturated carbocycles. The molecule has 0 radical (unpaired) electrons. The van der Waals surface area contributed by atoms with Crippen molar-refractivity contribution in [3.63, 3.8) is 0 Å². The minimum absolute atomic E-state index is 0.229. The number of hydrogen-bond donors (Lipinski definition) is 3. The van der Waals surface area contributed by atoms with E-state index in [0.29, 0.717) is 18.0 Å². The van der Waals surface area contributed by atoms with E-state index in [1.807, 2.05) is 0 Å². The molecule has 2 rings (SSSR count). The van der Waals surface area contributed by atoms with Crippen LogP contribution in [0.2, 0.25) is 0 Å². The largest absolute Gasteiger partial charge is 0.379 e. The van der Waals surface area contributed by atoms with Crippen LogP contribution >= 0.6 is 0 Å². The zero-order chi connectivity index (χ0) is 12.8. The highest BCUT2D eigenvalue weighted by atomic mass is 16.5. The van der Waals surface area contributed by atoms with Gasteiger partial charge in [-0.3, -0.25) is 4.79 Å². The van der Waals surface area contributed by atoms with Gasteiger partial charge in [0.25, 0.3) is 0 Å². The molecule has 2 aliphatic rings. The monoisotopic (exact) mass is 255 g/mol. The third-order valence-electron chi connectivity index (χ3n) is 3.50. The Morgan fingerprint density at radius 3 is 2.94 bits per heavy atom. The highest BCUT2D eigenvalue weighted by Crippen LogP contribution is 2.28. The lowest BCUT2D eigenvalue weighted by atomic mass is 10.1. The summed E-state index contributed by atoms with van der Waals surface area (Å²) in [4.78, 5) is 11.4. The molecular formula is C13H25N3O2. The van der Waals surface area contributed by atoms with Gasteiger partial charge < -0.3 is 20.7 Å². The van der Waals surface area contributed by atoms with Crippen LogP contribution in [0.1, 0.15) is 26.2 Å². The zero-order valence-electron chi connectivity index (χ0n) is 11.2. The fourth-order valence-electron chi connectivity index (χ4n) is 2.28. The Balaban J connectivity index is 1.48. The van der Waals surface area contributed by atoms with E-state index in [0.717, 1.165) is 52.1 Å². The van der Waals surface area contributed by atoms with E-state index in [-0.39, 0.29) is 5.91 Å². The third-order valence-corrected chi connectivity index (χ3v) is 3.50. The summed E-state index contributed by atoms with van der Waals surface area (Å²) in [6.45, 7) is 6.34. The Bertz CT molecular complexity index is 263. The lowest BCUT2D eigenvalue weighted by Crippen LogP contribution is -2.45. The summed E-state index contributed by atoms with van der Waals surface area (Å²) >= 11 is 0. The average molecular weight is 255 g/mol. The van der Waals surface area contributed by atoms with Crippen molar-refractivity contribution in [1.82, 2.24) is 16.0 Å². The molecule has 2 unspecified atom stereocenters. The number of carbonyl (C=O) groups is 1. The Labute approximate surface area is 109 Å². The van der Waals surface area contributed by atoms with Gasteiger partial charge in [-0.15, -0.1) is 0 Å². The van der Waals surface area contributed by atoms with Crippen molar-refractivity contribution in [2.24, 2.45) is 5.92 Å². The summed E-state index contributed by atoms with van der Waals surface area (Å²) in [7, 11) is 0. The molecule has 0 bridgehead atoms. The van der Waals surface area contributed by atoms with E-state index >= 15 is 0 Å². The summed E-state index contributed by atoms with van der Waals surface area (Å²) in [5.41, 5.74) is 0. The highest BCUT2D eigenvalue weighted by Gasteiger charge is 2.28. The van der Waals surface area contributed by atoms with Gasteiger partial charge in [-0.25, -0.2) is 0 Å². The Hall–Kier alpha value is -0.650. The molecule has 1 amide bonds. The summed E-state index contributed by atoms with van der Waals surface area (Å²) in [5.74, 6) is 0.540. The molecule has 2 fully saturated rings. The topological polar surface area (TPSA) is 62.4 Å². The lowest BCUT2D eigenvalue weighted by molar-refractivity contribution is -0.122. The van der Waals surface area contributed by atoms with Crippen molar-refractivity contribution in [2.75, 3.05) is 32.8 Å². The molecule has 1 heterocycles. The van der Waals surface area contributed by atoms with Crippen LogP contribution < -0.4 is 16.0 Å². The van der Waals surface area contributed by atoms with Gasteiger partial charge in [-0.1, -0.05) is 0 Å². The number of ether oxygens (including phenoxy) is 1. The second kappa shape index (κ2) is 7.07. The minimum atomic E-state index is 0.229. The molecule has 0 aromatic carbocycles. The van der Waals surface area contributed by atoms with Gasteiger partial charge in [0.2, 0.25) is 5.91 Å². The lowest BCUT2D eigenvalue weighted by Gasteiger charge is -2.26. The molecule has 5 nitrogen and oxygen atoms in total. The van der Waals surface area contributed by atoms with Crippen LogP contribution in [0.25, 0.3) is 0 Å². The van der Waals surface area contributed by atoms with E-state index in [2.05, 4.69) is 22.9 Å². The van der Waals surface area contributed by atoms with Crippen LogP contribution in [0.5, 0.6) is 0 Å². The molecule has 5 heteroatoms. The molecule has 3 N–H and O–H groups in total. The first-order chi connectivity index (χ1) is 8.75. The van der Waals surface area contributed by atoms with Gasteiger partial charge in [0.15, 0.2) is 0 Å². The maximum atomic E-state index is 11.4. The molecule has 0 aromatic heterocycles. The molecule has 104 valence electrons. The van der Waals surface area contributed by atoms with Gasteiger partial charge in [0, 0.05) is 37.6 Å². The first-order valence-corrected chi connectivity index (χ1v) is 7.08. The van der Waals surface area contributed by atoms with Crippen LogP contribution in [0, 0.1) is 5.92 Å². The first-order valence-electron chi connectivity index (χ1n) is 7.08. The summed E-state index contributed by atoms with van der Waals surface area (Å²) < 4.78 is 5.43. The normalized spacial score (nSPS) is 25.7. The van der Waals surface area contributed by atoms with Gasteiger partial charge in [0.1, 0.15) is 0 Å². The second-order valence-corrected chi connectivity index (χ2v) is 5.38. The van der Waals surface area contributed by atoms with E-state index in [9.17, 15) is 4.79 Å². The van der Waals surface area contributed by atoms with Crippen molar-refractivity contribution in [1.29, 1.82) is 0 Å². The summed E-state index contributed by atoms with van der Waals surface area (Å²) in [6.07, 6.45) is 3.21. The van der Waals surface area contributed by atoms with Gasteiger partial charge in [0.05, 0.1) is 13.2 Å². The van der Waals surface area contributed by atoms with Crippen LogP contribution in [0.4, 0.5) is 0 Å². The number of morpholine rings is 1. The van der Waals surface area contributed by atoms with Crippen molar-refractivity contribution >= 4 is 5.91 Å². The molecule has 18 heavy (non-hydrogen) atoms. The Kier molecular flexibility index (Phi) is 5.41. The SMILES string of the molecule is CC(CC1COCCN1)NCCNC(=O)C1CC1. The van der Waals surface area contributed by atoms with Crippen LogP contribution in [0.15, 0.2) is 0 Å². The molecule has 0 spiro atoms. The van der Waals surface area contributed by atoms with Gasteiger partial charge >= 0.3 is 0 Å². The number of amides is 1. The quantitative estimate of drug-likeness (QED) is 0.555. The molecule has 0 aromatic rings. The van der Waals surface area contributed by atoms with E-state index in [1.165, 1.54) is 0 Å². The van der Waals surface area contributed by atoms with E-state index in [4.69, 9.17) is 4.74 Å². The van der Waals surface area contributed by atoms with E-state index < -0.39 is 0 Å². The number of carbonyl (C=O) groups excluding carboxylic acids is 1. The van der Waals surface area contributed by atoms with Crippen molar-refractivity contribution < 1.29 is 9.53 Å². The predicted octanol–water partition coefficient (Wildman–Crippen LogP) is -0.131. The van der Waals surface area contributed by atoms with Crippen LogP contribution in [-0.2, 0) is 9.53 Å². The van der Waals surface area contributed by atoms with E-state index in [1.54, 1.807) is 0 Å². The standard InChI is InChI=1S/C13H25N3O2/c1-10(8-12-9-18-7-6-15-12)14-4-5-16-13(17)11-2-3-11/h10-12,14-15H,2-9H2,1H3,(H,16,17). The number of rotatable bonds is 7. The molecule has 2 atom stereocenters. The fourth-order valence-corrected chi connectivity index (χ4v) is 2.28. The zero-order valence-corrected chi connectivity index (χ0v) is 11.2. The number of nitrogens with one attached hydrogen (secondary N) is 3. The van der Waals surface area contributed by atoms with Crippen molar-refractivity contribution in [2.45, 2.75) is 38.3 Å². The van der Waals surface area contributed by atoms with Gasteiger partial charge in [-0.05, 0) is 26.2 Å². The average Bonchev–Trinajstić information content (AvgIpc) is 3.20. The molecule has 1 aliphatic carbocycles. The Morgan fingerprint density at radius 2 is 2.28 bits per heavy atom. The summed E-state index contributed by atoms with van der Waals surface area (Å²) in [6, 6.07) is 0.907. The van der Waals surface area contributed by atoms with Crippen molar-refractivity contribution in [3.8, 4) is 0 Å². The fraction of sp³-hybridized carbons (Fsp3) is 0.923. The Morgan fingerprint density at radius 1 is 1.44 bits per heavy atom. The summed E-state index contributed by atoms with van der Waals surface area (Å²) in [5, 5.41) is 9.84. The highest BCUT2D eigenvalue weighted by molar-refractivity contribution is 5.80. The number of hydrogen-bond acceptors (Lipinski definition) is 4. The molecule has 1 saturated heterocycles. The smallest absolute Gasteiger partial charge is 0.223 e. The molecule has 1 aliphatic heterocycles. The third kappa shape index (κ3) is 4.92. The maximum absolute atomic E-state index is 11.4. The van der Waals surface area contributed by atoms with Gasteiger partial charge in [-0.2, -0.15) is 0 Å². The van der Waals surface area contributed by atoms with Crippen LogP contribution in [-0.4, -0.2) is 50.8 Å². The maximum Gasteiger partial charge on any atom is 0.223 e.